The molecule has 2 atom stereocenters. The number of hydrogen-bond donors (Lipinski definition) is 1. The molecule has 1 amide bonds. The molecule has 0 saturated carbocycles. The second-order valence-corrected chi connectivity index (χ2v) is 5.26. The van der Waals surface area contributed by atoms with Gasteiger partial charge in [0.05, 0.1) is 25.4 Å². The predicted molar refractivity (Wildman–Crippen MR) is 79.0 cm³/mol. The van der Waals surface area contributed by atoms with E-state index in [4.69, 9.17) is 9.47 Å². The number of amides is 1. The van der Waals surface area contributed by atoms with Crippen molar-refractivity contribution in [2.24, 2.45) is 0 Å². The number of methoxy groups -OCH3 is 1. The van der Waals surface area contributed by atoms with Gasteiger partial charge < -0.3 is 19.5 Å². The molecule has 0 spiro atoms. The molecule has 0 unspecified atom stereocenters. The number of rotatable bonds is 7. The molecular weight excluding hydrogens is 270 g/mol. The lowest BCUT2D eigenvalue weighted by Crippen LogP contribution is -2.40. The first-order valence-electron chi connectivity index (χ1n) is 7.29. The average Bonchev–Trinajstić information content (AvgIpc) is 2.96. The normalized spacial score (nSPS) is 21.7. The number of carbonyl (C=O) groups is 1. The Hall–Kier alpha value is -1.43. The van der Waals surface area contributed by atoms with Gasteiger partial charge in [-0.2, -0.15) is 0 Å². The third kappa shape index (κ3) is 4.52. The number of ether oxygens (including phenoxy) is 2. The molecule has 1 aliphatic heterocycles. The first-order chi connectivity index (χ1) is 10.2. The summed E-state index contributed by atoms with van der Waals surface area (Å²) < 4.78 is 10.7. The molecule has 1 fully saturated rings. The molecule has 0 aliphatic carbocycles. The molecule has 1 heterocycles. The van der Waals surface area contributed by atoms with Gasteiger partial charge in [-0.1, -0.05) is 30.3 Å². The third-order valence-electron chi connectivity index (χ3n) is 3.84. The van der Waals surface area contributed by atoms with Crippen LogP contribution < -0.4 is 0 Å². The maximum absolute atomic E-state index is 12.1. The quantitative estimate of drug-likeness (QED) is 0.757. The molecule has 0 aromatic heterocycles. The Morgan fingerprint density at radius 1 is 1.38 bits per heavy atom. The van der Waals surface area contributed by atoms with Crippen LogP contribution in [0.4, 0.5) is 0 Å². The zero-order valence-electron chi connectivity index (χ0n) is 12.4. The number of likely N-dealkylation sites (tertiary alicyclic amines) is 1. The lowest BCUT2D eigenvalue weighted by Gasteiger charge is -2.22. The summed E-state index contributed by atoms with van der Waals surface area (Å²) in [6.45, 7) is 1.07. The maximum Gasteiger partial charge on any atom is 0.248 e. The van der Waals surface area contributed by atoms with Gasteiger partial charge in [-0.3, -0.25) is 4.79 Å². The SMILES string of the molecule is CO[C@H]1C[C@@H](CO)N(C(=O)COCCc2ccccc2)C1. The second-order valence-electron chi connectivity index (χ2n) is 5.26. The summed E-state index contributed by atoms with van der Waals surface area (Å²) in [5.74, 6) is -0.0818. The summed E-state index contributed by atoms with van der Waals surface area (Å²) >= 11 is 0. The Morgan fingerprint density at radius 3 is 2.81 bits per heavy atom. The summed E-state index contributed by atoms with van der Waals surface area (Å²) in [4.78, 5) is 13.8. The zero-order chi connectivity index (χ0) is 15.1. The van der Waals surface area contributed by atoms with Gasteiger partial charge in [-0.15, -0.1) is 0 Å². The van der Waals surface area contributed by atoms with Crippen molar-refractivity contribution in [3.8, 4) is 0 Å². The molecule has 5 heteroatoms. The molecule has 0 bridgehead atoms. The summed E-state index contributed by atoms with van der Waals surface area (Å²) in [7, 11) is 1.63. The fraction of sp³-hybridized carbons (Fsp3) is 0.562. The van der Waals surface area contributed by atoms with E-state index >= 15 is 0 Å². The van der Waals surface area contributed by atoms with Crippen molar-refractivity contribution < 1.29 is 19.4 Å². The van der Waals surface area contributed by atoms with E-state index in [9.17, 15) is 9.90 Å². The van der Waals surface area contributed by atoms with Crippen molar-refractivity contribution >= 4 is 5.91 Å². The van der Waals surface area contributed by atoms with E-state index in [0.29, 0.717) is 19.6 Å². The average molecular weight is 293 g/mol. The Labute approximate surface area is 125 Å². The van der Waals surface area contributed by atoms with Gasteiger partial charge in [0, 0.05) is 13.7 Å². The lowest BCUT2D eigenvalue weighted by molar-refractivity contribution is -0.138. The topological polar surface area (TPSA) is 59.0 Å². The molecule has 21 heavy (non-hydrogen) atoms. The Balaban J connectivity index is 1.71. The van der Waals surface area contributed by atoms with Crippen molar-refractivity contribution in [3.63, 3.8) is 0 Å². The molecule has 1 N–H and O–H groups in total. The molecule has 0 radical (unpaired) electrons. The van der Waals surface area contributed by atoms with Gasteiger partial charge in [0.15, 0.2) is 0 Å². The zero-order valence-corrected chi connectivity index (χ0v) is 12.4. The van der Waals surface area contributed by atoms with Crippen molar-refractivity contribution in [1.29, 1.82) is 0 Å². The minimum atomic E-state index is -0.153. The van der Waals surface area contributed by atoms with Crippen LogP contribution in [0.2, 0.25) is 0 Å². The summed E-state index contributed by atoms with van der Waals surface area (Å²) in [6.07, 6.45) is 1.48. The van der Waals surface area contributed by atoms with E-state index < -0.39 is 0 Å². The smallest absolute Gasteiger partial charge is 0.248 e. The Bertz CT molecular complexity index is 437. The van der Waals surface area contributed by atoms with Gasteiger partial charge in [-0.05, 0) is 18.4 Å². The number of hydrogen-bond acceptors (Lipinski definition) is 4. The van der Waals surface area contributed by atoms with Gasteiger partial charge >= 0.3 is 0 Å². The fourth-order valence-corrected chi connectivity index (χ4v) is 2.60. The van der Waals surface area contributed by atoms with Crippen LogP contribution in [0.25, 0.3) is 0 Å². The summed E-state index contributed by atoms with van der Waals surface area (Å²) in [6, 6.07) is 9.87. The van der Waals surface area contributed by atoms with Crippen LogP contribution in [0, 0.1) is 0 Å². The molecule has 2 rings (SSSR count). The fourth-order valence-electron chi connectivity index (χ4n) is 2.60. The van der Waals surface area contributed by atoms with Gasteiger partial charge in [0.25, 0.3) is 0 Å². The van der Waals surface area contributed by atoms with Crippen LogP contribution in [0.3, 0.4) is 0 Å². The predicted octanol–water partition coefficient (Wildman–Crippen LogP) is 0.854. The lowest BCUT2D eigenvalue weighted by atomic mass is 10.2. The van der Waals surface area contributed by atoms with Crippen LogP contribution in [0.5, 0.6) is 0 Å². The molecule has 1 aromatic rings. The molecular formula is C16H23NO4. The number of aliphatic hydroxyl groups is 1. The minimum absolute atomic E-state index is 0.00965. The van der Waals surface area contributed by atoms with Gasteiger partial charge in [0.2, 0.25) is 5.91 Å². The maximum atomic E-state index is 12.1. The van der Waals surface area contributed by atoms with Crippen molar-refractivity contribution in [2.75, 3.05) is 33.5 Å². The molecule has 1 aromatic carbocycles. The van der Waals surface area contributed by atoms with E-state index in [1.165, 1.54) is 5.56 Å². The second kappa shape index (κ2) is 8.12. The minimum Gasteiger partial charge on any atom is -0.394 e. The monoisotopic (exact) mass is 293 g/mol. The van der Waals surface area contributed by atoms with Crippen LogP contribution in [-0.4, -0.2) is 61.5 Å². The number of aliphatic hydroxyl groups excluding tert-OH is 1. The van der Waals surface area contributed by atoms with Crippen LogP contribution in [0.1, 0.15) is 12.0 Å². The highest BCUT2D eigenvalue weighted by Gasteiger charge is 2.34. The van der Waals surface area contributed by atoms with E-state index in [0.717, 1.165) is 6.42 Å². The van der Waals surface area contributed by atoms with Crippen LogP contribution in [0.15, 0.2) is 30.3 Å². The van der Waals surface area contributed by atoms with Crippen LogP contribution in [-0.2, 0) is 20.7 Å². The first kappa shape index (κ1) is 15.9. The highest BCUT2D eigenvalue weighted by atomic mass is 16.5. The van der Waals surface area contributed by atoms with Gasteiger partial charge in [0.1, 0.15) is 6.61 Å². The molecule has 1 saturated heterocycles. The summed E-state index contributed by atoms with van der Waals surface area (Å²) in [5, 5.41) is 9.33. The highest BCUT2D eigenvalue weighted by molar-refractivity contribution is 5.78. The third-order valence-corrected chi connectivity index (χ3v) is 3.84. The molecule has 116 valence electrons. The standard InChI is InChI=1S/C16H23NO4/c1-20-15-9-14(11-18)17(10-15)16(19)12-21-8-7-13-5-3-2-4-6-13/h2-6,14-15,18H,7-12H2,1H3/t14-,15-/m0/s1. The summed E-state index contributed by atoms with van der Waals surface area (Å²) in [5.41, 5.74) is 1.19. The highest BCUT2D eigenvalue weighted by Crippen LogP contribution is 2.19. The van der Waals surface area contributed by atoms with E-state index in [-0.39, 0.29) is 31.3 Å². The van der Waals surface area contributed by atoms with Crippen LogP contribution >= 0.6 is 0 Å². The molecule has 5 nitrogen and oxygen atoms in total. The van der Waals surface area contributed by atoms with Crippen molar-refractivity contribution in [1.82, 2.24) is 4.90 Å². The van der Waals surface area contributed by atoms with E-state index in [2.05, 4.69) is 0 Å². The molecule has 1 aliphatic rings. The van der Waals surface area contributed by atoms with Gasteiger partial charge in [-0.25, -0.2) is 0 Å². The van der Waals surface area contributed by atoms with Crippen molar-refractivity contribution in [3.05, 3.63) is 35.9 Å². The number of carbonyl (C=O) groups excluding carboxylic acids is 1. The number of benzene rings is 1. The van der Waals surface area contributed by atoms with Crippen molar-refractivity contribution in [2.45, 2.75) is 25.0 Å². The van der Waals surface area contributed by atoms with E-state index in [1.807, 2.05) is 30.3 Å². The largest absolute Gasteiger partial charge is 0.394 e. The number of nitrogens with zero attached hydrogens (tertiary/aromatic N) is 1. The van der Waals surface area contributed by atoms with E-state index in [1.54, 1.807) is 12.0 Å². The Morgan fingerprint density at radius 2 is 2.14 bits per heavy atom. The Kier molecular flexibility index (Phi) is 6.17. The first-order valence-corrected chi connectivity index (χ1v) is 7.29.